The van der Waals surface area contributed by atoms with Gasteiger partial charge in [-0.15, -0.1) is 6.58 Å². The van der Waals surface area contributed by atoms with Crippen molar-refractivity contribution in [2.75, 3.05) is 13.2 Å². The number of hydrogen-bond donors (Lipinski definition) is 1. The van der Waals surface area contributed by atoms with Crippen LogP contribution in [0.3, 0.4) is 0 Å². The molecule has 0 aliphatic rings. The first-order chi connectivity index (χ1) is 7.61. The van der Waals surface area contributed by atoms with E-state index in [4.69, 9.17) is 10.5 Å². The zero-order valence-electron chi connectivity index (χ0n) is 9.63. The average Bonchev–Trinajstić information content (AvgIpc) is 2.16. The summed E-state index contributed by atoms with van der Waals surface area (Å²) in [6.07, 6.45) is 1.44. The van der Waals surface area contributed by atoms with Crippen LogP contribution in [0.5, 0.6) is 5.75 Å². The third-order valence-corrected chi connectivity index (χ3v) is 2.16. The number of halogens is 1. The maximum Gasteiger partial charge on any atom is 0.127 e. The van der Waals surface area contributed by atoms with Crippen molar-refractivity contribution in [3.8, 4) is 5.75 Å². The van der Waals surface area contributed by atoms with Gasteiger partial charge in [-0.3, -0.25) is 0 Å². The molecular formula is C13H18FNO. The number of hydrogen-bond acceptors (Lipinski definition) is 2. The Hall–Kier alpha value is -1.35. The van der Waals surface area contributed by atoms with Gasteiger partial charge in [-0.05, 0) is 37.6 Å². The largest absolute Gasteiger partial charge is 0.493 e. The van der Waals surface area contributed by atoms with Crippen molar-refractivity contribution in [2.24, 2.45) is 5.73 Å². The van der Waals surface area contributed by atoms with E-state index in [0.29, 0.717) is 25.3 Å². The second-order valence-electron chi connectivity index (χ2n) is 3.89. The van der Waals surface area contributed by atoms with E-state index in [1.54, 1.807) is 0 Å². The van der Waals surface area contributed by atoms with E-state index in [-0.39, 0.29) is 5.82 Å². The number of nitrogens with two attached hydrogens (primary N) is 1. The predicted octanol–water partition coefficient (Wildman–Crippen LogP) is 2.67. The molecule has 0 amide bonds. The minimum atomic E-state index is -0.281. The predicted molar refractivity (Wildman–Crippen MR) is 64.1 cm³/mol. The van der Waals surface area contributed by atoms with Gasteiger partial charge in [0.2, 0.25) is 0 Å². The first-order valence-corrected chi connectivity index (χ1v) is 5.38. The van der Waals surface area contributed by atoms with Crippen LogP contribution in [0.1, 0.15) is 18.9 Å². The molecule has 0 aromatic heterocycles. The highest BCUT2D eigenvalue weighted by atomic mass is 19.1. The van der Waals surface area contributed by atoms with Gasteiger partial charge in [0.15, 0.2) is 0 Å². The molecule has 88 valence electrons. The first kappa shape index (κ1) is 12.7. The Balaban J connectivity index is 2.61. The lowest BCUT2D eigenvalue weighted by Gasteiger charge is -2.08. The number of ether oxygens (including phenoxy) is 1. The zero-order valence-corrected chi connectivity index (χ0v) is 9.63. The van der Waals surface area contributed by atoms with E-state index < -0.39 is 0 Å². The van der Waals surface area contributed by atoms with Gasteiger partial charge in [-0.25, -0.2) is 4.39 Å². The molecule has 0 saturated heterocycles. The molecule has 0 bridgehead atoms. The number of rotatable bonds is 6. The highest BCUT2D eigenvalue weighted by Gasteiger charge is 2.01. The normalized spacial score (nSPS) is 10.2. The fourth-order valence-corrected chi connectivity index (χ4v) is 1.36. The molecule has 0 aliphatic carbocycles. The summed E-state index contributed by atoms with van der Waals surface area (Å²) in [6, 6.07) is 4.70. The van der Waals surface area contributed by atoms with Gasteiger partial charge in [0.05, 0.1) is 6.61 Å². The Morgan fingerprint density at radius 3 is 2.81 bits per heavy atom. The molecule has 16 heavy (non-hydrogen) atoms. The van der Waals surface area contributed by atoms with E-state index in [9.17, 15) is 4.39 Å². The third-order valence-electron chi connectivity index (χ3n) is 2.16. The molecule has 2 nitrogen and oxygen atoms in total. The van der Waals surface area contributed by atoms with E-state index in [1.165, 1.54) is 12.1 Å². The maximum absolute atomic E-state index is 13.2. The molecule has 1 rings (SSSR count). The maximum atomic E-state index is 13.2. The minimum Gasteiger partial charge on any atom is -0.493 e. The summed E-state index contributed by atoms with van der Waals surface area (Å²) in [5, 5.41) is 0. The fourth-order valence-electron chi connectivity index (χ4n) is 1.36. The van der Waals surface area contributed by atoms with Crippen molar-refractivity contribution in [2.45, 2.75) is 19.8 Å². The molecule has 0 heterocycles. The molecule has 2 N–H and O–H groups in total. The smallest absolute Gasteiger partial charge is 0.127 e. The molecule has 0 unspecified atom stereocenters. The lowest BCUT2D eigenvalue weighted by atomic mass is 10.1. The van der Waals surface area contributed by atoms with E-state index in [2.05, 4.69) is 6.58 Å². The Kier molecular flexibility index (Phi) is 4.99. The molecule has 0 atom stereocenters. The van der Waals surface area contributed by atoms with Gasteiger partial charge in [0, 0.05) is 12.5 Å². The summed E-state index contributed by atoms with van der Waals surface area (Å²) in [5.41, 5.74) is 7.35. The van der Waals surface area contributed by atoms with Crippen molar-refractivity contribution in [3.05, 3.63) is 41.7 Å². The lowest BCUT2D eigenvalue weighted by Crippen LogP contribution is -2.04. The first-order valence-electron chi connectivity index (χ1n) is 5.38. The molecule has 3 heteroatoms. The van der Waals surface area contributed by atoms with Crippen molar-refractivity contribution < 1.29 is 9.13 Å². The second-order valence-corrected chi connectivity index (χ2v) is 3.89. The zero-order chi connectivity index (χ0) is 12.0. The summed E-state index contributed by atoms with van der Waals surface area (Å²) >= 11 is 0. The molecule has 0 saturated carbocycles. The van der Waals surface area contributed by atoms with Crippen molar-refractivity contribution >= 4 is 0 Å². The quantitative estimate of drug-likeness (QED) is 0.752. The molecule has 0 spiro atoms. The summed E-state index contributed by atoms with van der Waals surface area (Å²) in [4.78, 5) is 0. The van der Waals surface area contributed by atoms with Crippen LogP contribution in [0.15, 0.2) is 30.4 Å². The van der Waals surface area contributed by atoms with Gasteiger partial charge in [0.25, 0.3) is 0 Å². The van der Waals surface area contributed by atoms with Crippen LogP contribution in [0.2, 0.25) is 0 Å². The molecule has 0 fully saturated rings. The highest BCUT2D eigenvalue weighted by molar-refractivity contribution is 5.29. The second kappa shape index (κ2) is 6.28. The standard InChI is InChI=1S/C13H18FNO/c1-10(2)4-6-16-13-8-11(3-5-15)7-12(14)9-13/h7-9H,1,3-6,15H2,2H3. The van der Waals surface area contributed by atoms with Crippen LogP contribution in [0, 0.1) is 5.82 Å². The summed E-state index contributed by atoms with van der Waals surface area (Å²) < 4.78 is 18.6. The summed E-state index contributed by atoms with van der Waals surface area (Å²) in [6.45, 7) is 6.76. The minimum absolute atomic E-state index is 0.281. The van der Waals surface area contributed by atoms with E-state index in [1.807, 2.05) is 13.0 Å². The molecule has 1 aromatic rings. The van der Waals surface area contributed by atoms with Crippen molar-refractivity contribution in [1.82, 2.24) is 0 Å². The summed E-state index contributed by atoms with van der Waals surface area (Å²) in [7, 11) is 0. The van der Waals surface area contributed by atoms with Crippen LogP contribution in [-0.4, -0.2) is 13.2 Å². The SMILES string of the molecule is C=C(C)CCOc1cc(F)cc(CCN)c1. The fraction of sp³-hybridized carbons (Fsp3) is 0.385. The van der Waals surface area contributed by atoms with Crippen LogP contribution in [0.25, 0.3) is 0 Å². The van der Waals surface area contributed by atoms with Gasteiger partial charge >= 0.3 is 0 Å². The highest BCUT2D eigenvalue weighted by Crippen LogP contribution is 2.17. The van der Waals surface area contributed by atoms with E-state index in [0.717, 1.165) is 17.6 Å². The van der Waals surface area contributed by atoms with Crippen molar-refractivity contribution in [3.63, 3.8) is 0 Å². The van der Waals surface area contributed by atoms with Crippen LogP contribution in [-0.2, 0) is 6.42 Å². The van der Waals surface area contributed by atoms with Gasteiger partial charge in [-0.2, -0.15) is 0 Å². The Labute approximate surface area is 95.9 Å². The molecule has 1 aromatic carbocycles. The van der Waals surface area contributed by atoms with E-state index >= 15 is 0 Å². The summed E-state index contributed by atoms with van der Waals surface area (Å²) in [5.74, 6) is 0.279. The average molecular weight is 223 g/mol. The topological polar surface area (TPSA) is 35.2 Å². The van der Waals surface area contributed by atoms with Gasteiger partial charge < -0.3 is 10.5 Å². The Morgan fingerprint density at radius 1 is 1.44 bits per heavy atom. The molecule has 0 radical (unpaired) electrons. The van der Waals surface area contributed by atoms with Gasteiger partial charge in [0.1, 0.15) is 11.6 Å². The third kappa shape index (κ3) is 4.45. The molecular weight excluding hydrogens is 205 g/mol. The van der Waals surface area contributed by atoms with Crippen LogP contribution >= 0.6 is 0 Å². The Bertz CT molecular complexity index is 363. The van der Waals surface area contributed by atoms with Gasteiger partial charge in [-0.1, -0.05) is 5.57 Å². The Morgan fingerprint density at radius 2 is 2.19 bits per heavy atom. The number of benzene rings is 1. The lowest BCUT2D eigenvalue weighted by molar-refractivity contribution is 0.319. The monoisotopic (exact) mass is 223 g/mol. The van der Waals surface area contributed by atoms with Crippen LogP contribution in [0.4, 0.5) is 4.39 Å². The molecule has 0 aliphatic heterocycles. The van der Waals surface area contributed by atoms with Crippen LogP contribution < -0.4 is 10.5 Å². The van der Waals surface area contributed by atoms with Crippen molar-refractivity contribution in [1.29, 1.82) is 0 Å².